The fraction of sp³-hybridized carbons (Fsp3) is 0.400. The molecule has 0 aliphatic carbocycles. The van der Waals surface area contributed by atoms with Crippen molar-refractivity contribution < 1.29 is 23.8 Å². The second-order valence-corrected chi connectivity index (χ2v) is 12.2. The molecule has 0 aromatic heterocycles. The van der Waals surface area contributed by atoms with E-state index in [4.69, 9.17) is 19.2 Å². The maximum Gasteiger partial charge on any atom is 0.325 e. The van der Waals surface area contributed by atoms with Crippen LogP contribution >= 0.6 is 0 Å². The number of amides is 1. The Balaban J connectivity index is 1.58. The van der Waals surface area contributed by atoms with Crippen LogP contribution < -0.4 is 20.1 Å². The van der Waals surface area contributed by atoms with Crippen LogP contribution in [-0.4, -0.2) is 48.5 Å². The van der Waals surface area contributed by atoms with Crippen LogP contribution in [0, 0.1) is 0 Å². The Morgan fingerprint density at radius 2 is 1.74 bits per heavy atom. The maximum atomic E-state index is 13.3. The molecule has 2 aliphatic heterocycles. The first kappa shape index (κ1) is 30.1. The molecule has 1 amide bonds. The first-order valence-electron chi connectivity index (χ1n) is 15.0. The first-order chi connectivity index (χ1) is 20.5. The molecule has 5 rings (SSSR count). The number of carbonyl (C=O) groups is 2. The van der Waals surface area contributed by atoms with Crippen LogP contribution in [0.4, 0.5) is 5.69 Å². The predicted octanol–water partition coefficient (Wildman–Crippen LogP) is 5.88. The van der Waals surface area contributed by atoms with Crippen molar-refractivity contribution in [2.24, 2.45) is 4.99 Å². The van der Waals surface area contributed by atoms with Crippen LogP contribution in [0.3, 0.4) is 0 Å². The van der Waals surface area contributed by atoms with E-state index < -0.39 is 5.97 Å². The first-order valence-corrected chi connectivity index (χ1v) is 15.0. The molecule has 0 saturated carbocycles. The molecule has 2 N–H and O–H groups in total. The topological polar surface area (TPSA) is 98.2 Å². The number of nitrogens with zero attached hydrogens (tertiary/aromatic N) is 1. The average molecular weight is 584 g/mol. The van der Waals surface area contributed by atoms with Gasteiger partial charge in [-0.15, -0.1) is 0 Å². The number of fused-ring (bicyclic) bond motifs is 3. The van der Waals surface area contributed by atoms with Crippen molar-refractivity contribution in [2.45, 2.75) is 72.1 Å². The standard InChI is InChI=1S/C35H41N3O5/c1-7-41-28-17-24-18-34(3,4)38-31(30(24)26-19-35(5,6)43-32(26)28)23-14-15-25(33(40)37-21-29(39)42-8-2)27(16-23)36-20-22-12-10-9-11-13-22/h9-17,36H,7-8,18-21H2,1-6H3,(H,37,40). The third kappa shape index (κ3) is 6.69. The summed E-state index contributed by atoms with van der Waals surface area (Å²) in [5.74, 6) is 0.721. The minimum absolute atomic E-state index is 0.203. The summed E-state index contributed by atoms with van der Waals surface area (Å²) < 4.78 is 17.5. The minimum atomic E-state index is -0.480. The van der Waals surface area contributed by atoms with E-state index in [1.807, 2.05) is 49.4 Å². The molecule has 3 aromatic carbocycles. The quantitative estimate of drug-likeness (QED) is 0.290. The van der Waals surface area contributed by atoms with Gasteiger partial charge >= 0.3 is 5.97 Å². The fourth-order valence-electron chi connectivity index (χ4n) is 5.83. The minimum Gasteiger partial charge on any atom is -0.490 e. The highest BCUT2D eigenvalue weighted by molar-refractivity contribution is 6.17. The summed E-state index contributed by atoms with van der Waals surface area (Å²) in [4.78, 5) is 30.5. The van der Waals surface area contributed by atoms with E-state index in [0.29, 0.717) is 24.4 Å². The molecular formula is C35H41N3O5. The number of anilines is 1. The Labute approximate surface area is 253 Å². The van der Waals surface area contributed by atoms with Gasteiger partial charge in [-0.25, -0.2) is 0 Å². The van der Waals surface area contributed by atoms with Gasteiger partial charge in [0.05, 0.1) is 30.0 Å². The molecule has 2 heterocycles. The predicted molar refractivity (Wildman–Crippen MR) is 169 cm³/mol. The van der Waals surface area contributed by atoms with Gasteiger partial charge in [0, 0.05) is 35.3 Å². The van der Waals surface area contributed by atoms with Gasteiger partial charge in [-0.05, 0) is 77.3 Å². The molecule has 0 unspecified atom stereocenters. The molecule has 3 aromatic rings. The molecule has 0 bridgehead atoms. The molecule has 43 heavy (non-hydrogen) atoms. The van der Waals surface area contributed by atoms with Gasteiger partial charge < -0.3 is 24.8 Å². The zero-order chi connectivity index (χ0) is 30.8. The highest BCUT2D eigenvalue weighted by Crippen LogP contribution is 2.48. The highest BCUT2D eigenvalue weighted by atomic mass is 16.5. The summed E-state index contributed by atoms with van der Waals surface area (Å²) in [5.41, 5.74) is 6.56. The van der Waals surface area contributed by atoms with Gasteiger partial charge in [0.15, 0.2) is 11.5 Å². The Hall–Kier alpha value is -4.33. The van der Waals surface area contributed by atoms with Crippen LogP contribution in [0.5, 0.6) is 11.5 Å². The number of carbonyl (C=O) groups excluding carboxylic acids is 2. The summed E-state index contributed by atoms with van der Waals surface area (Å²) >= 11 is 0. The molecule has 0 spiro atoms. The third-order valence-electron chi connectivity index (χ3n) is 7.54. The second kappa shape index (κ2) is 12.1. The number of hydrogen-bond acceptors (Lipinski definition) is 7. The molecule has 0 saturated heterocycles. The number of rotatable bonds is 10. The van der Waals surface area contributed by atoms with Gasteiger partial charge in [-0.3, -0.25) is 14.6 Å². The molecule has 8 nitrogen and oxygen atoms in total. The second-order valence-electron chi connectivity index (χ2n) is 12.2. The Kier molecular flexibility index (Phi) is 8.49. The number of ether oxygens (including phenoxy) is 3. The number of aliphatic imine (C=N–C) groups is 1. The largest absolute Gasteiger partial charge is 0.490 e. The van der Waals surface area contributed by atoms with Gasteiger partial charge in [-0.2, -0.15) is 0 Å². The van der Waals surface area contributed by atoms with Gasteiger partial charge in [0.25, 0.3) is 5.91 Å². The lowest BCUT2D eigenvalue weighted by atomic mass is 9.80. The molecule has 0 atom stereocenters. The van der Waals surface area contributed by atoms with E-state index in [2.05, 4.69) is 44.4 Å². The van der Waals surface area contributed by atoms with Crippen LogP contribution in [0.1, 0.15) is 79.7 Å². The number of esters is 1. The normalized spacial score (nSPS) is 15.8. The van der Waals surface area contributed by atoms with Crippen LogP contribution in [-0.2, 0) is 28.9 Å². The van der Waals surface area contributed by atoms with Crippen molar-refractivity contribution in [2.75, 3.05) is 25.1 Å². The highest BCUT2D eigenvalue weighted by Gasteiger charge is 2.40. The Bertz CT molecular complexity index is 1560. The van der Waals surface area contributed by atoms with Crippen LogP contribution in [0.25, 0.3) is 0 Å². The zero-order valence-electron chi connectivity index (χ0n) is 25.9. The third-order valence-corrected chi connectivity index (χ3v) is 7.54. The average Bonchev–Trinajstić information content (AvgIpc) is 3.29. The van der Waals surface area contributed by atoms with E-state index in [1.54, 1.807) is 13.0 Å². The Morgan fingerprint density at radius 1 is 0.977 bits per heavy atom. The van der Waals surface area contributed by atoms with Crippen molar-refractivity contribution in [3.8, 4) is 11.5 Å². The van der Waals surface area contributed by atoms with E-state index in [9.17, 15) is 9.59 Å². The molecule has 8 heteroatoms. The van der Waals surface area contributed by atoms with Gasteiger partial charge in [-0.1, -0.05) is 36.4 Å². The molecule has 226 valence electrons. The van der Waals surface area contributed by atoms with Crippen LogP contribution in [0.2, 0.25) is 0 Å². The summed E-state index contributed by atoms with van der Waals surface area (Å²) in [7, 11) is 0. The monoisotopic (exact) mass is 583 g/mol. The Morgan fingerprint density at radius 3 is 2.47 bits per heavy atom. The van der Waals surface area contributed by atoms with E-state index in [1.165, 1.54) is 5.56 Å². The molecule has 0 fully saturated rings. The zero-order valence-corrected chi connectivity index (χ0v) is 25.9. The van der Waals surface area contributed by atoms with Gasteiger partial charge in [0.2, 0.25) is 0 Å². The smallest absolute Gasteiger partial charge is 0.325 e. The van der Waals surface area contributed by atoms with Crippen LogP contribution in [0.15, 0.2) is 59.6 Å². The van der Waals surface area contributed by atoms with Crippen molar-refractivity contribution in [1.29, 1.82) is 0 Å². The fourth-order valence-corrected chi connectivity index (χ4v) is 5.83. The number of benzene rings is 3. The number of hydrogen-bond donors (Lipinski definition) is 2. The maximum absolute atomic E-state index is 13.3. The van der Waals surface area contributed by atoms with E-state index in [-0.39, 0.29) is 30.2 Å². The molecule has 0 radical (unpaired) electrons. The van der Waals surface area contributed by atoms with Gasteiger partial charge in [0.1, 0.15) is 12.1 Å². The number of nitrogens with one attached hydrogen (secondary N) is 2. The lowest BCUT2D eigenvalue weighted by molar-refractivity contribution is -0.141. The summed E-state index contributed by atoms with van der Waals surface area (Å²) in [6, 6.07) is 17.8. The lowest BCUT2D eigenvalue weighted by Gasteiger charge is -2.31. The van der Waals surface area contributed by atoms with E-state index in [0.717, 1.165) is 52.3 Å². The SMILES string of the molecule is CCOC(=O)CNC(=O)c1ccc(C2=NC(C)(C)Cc3cc(OCC)c4c(c32)CC(C)(C)O4)cc1NCc1ccccc1. The summed E-state index contributed by atoms with van der Waals surface area (Å²) in [6.07, 6.45) is 1.51. The summed E-state index contributed by atoms with van der Waals surface area (Å²) in [6.45, 7) is 13.3. The van der Waals surface area contributed by atoms with Crippen molar-refractivity contribution in [3.63, 3.8) is 0 Å². The van der Waals surface area contributed by atoms with E-state index >= 15 is 0 Å². The van der Waals surface area contributed by atoms with Crippen molar-refractivity contribution in [1.82, 2.24) is 5.32 Å². The molecular weight excluding hydrogens is 542 g/mol. The van der Waals surface area contributed by atoms with Crippen molar-refractivity contribution >= 4 is 23.3 Å². The summed E-state index contributed by atoms with van der Waals surface area (Å²) in [5, 5.41) is 6.16. The van der Waals surface area contributed by atoms with Crippen molar-refractivity contribution in [3.05, 3.63) is 88.0 Å². The molecule has 2 aliphatic rings. The lowest BCUT2D eigenvalue weighted by Crippen LogP contribution is -2.32.